The van der Waals surface area contributed by atoms with Gasteiger partial charge in [-0.2, -0.15) is 0 Å². The highest BCUT2D eigenvalue weighted by atomic mass is 79.9. The molecule has 5 rings (SSSR count). The molecular weight excluding hydrogens is 750 g/mol. The number of fused-ring (bicyclic) bond motifs is 1. The number of allylic oxidation sites excluding steroid dienone is 1. The van der Waals surface area contributed by atoms with Crippen LogP contribution in [0.3, 0.4) is 0 Å². The SMILES string of the molecule is C=CCCC(=O)N[C@H](C)[C@@H](OC(=O)[C@H]1[C@@H]2O[C@@]3(CC2Br)[C@@H]1C(=O)N([C@H](CO)c1ccccc1)[C@@H]3C(=O)N(CC=C)C(C)(C)CC(C)(C)C)c1ccccc1. The van der Waals surface area contributed by atoms with E-state index < -0.39 is 71.8 Å². The van der Waals surface area contributed by atoms with Crippen LogP contribution >= 0.6 is 15.9 Å². The van der Waals surface area contributed by atoms with E-state index in [1.54, 1.807) is 24.0 Å². The van der Waals surface area contributed by atoms with Crippen LogP contribution in [0.15, 0.2) is 86.0 Å². The predicted octanol–water partition coefficient (Wildman–Crippen LogP) is 6.45. The van der Waals surface area contributed by atoms with Crippen LogP contribution in [0, 0.1) is 17.3 Å². The quantitative estimate of drug-likeness (QED) is 0.114. The monoisotopic (exact) mass is 805 g/mol. The van der Waals surface area contributed by atoms with Gasteiger partial charge in [-0.3, -0.25) is 19.2 Å². The summed E-state index contributed by atoms with van der Waals surface area (Å²) in [5, 5.41) is 13.9. The molecule has 11 heteroatoms. The molecule has 54 heavy (non-hydrogen) atoms. The van der Waals surface area contributed by atoms with E-state index in [0.717, 1.165) is 0 Å². The van der Waals surface area contributed by atoms with Gasteiger partial charge in [0.25, 0.3) is 0 Å². The van der Waals surface area contributed by atoms with Gasteiger partial charge >= 0.3 is 5.97 Å². The number of nitrogens with one attached hydrogen (secondary N) is 1. The molecule has 3 amide bonds. The molecule has 2 aromatic carbocycles. The normalized spacial score (nSPS) is 26.4. The fourth-order valence-corrected chi connectivity index (χ4v) is 10.2. The van der Waals surface area contributed by atoms with Crippen molar-refractivity contribution in [3.8, 4) is 0 Å². The number of aliphatic hydroxyl groups excluding tert-OH is 1. The Balaban J connectivity index is 1.59. The van der Waals surface area contributed by atoms with Gasteiger partial charge in [-0.15, -0.1) is 13.2 Å². The summed E-state index contributed by atoms with van der Waals surface area (Å²) in [5.41, 5.74) is -0.867. The van der Waals surface area contributed by atoms with Gasteiger partial charge in [0.2, 0.25) is 17.7 Å². The molecule has 0 saturated carbocycles. The molecule has 292 valence electrons. The molecule has 3 heterocycles. The Labute approximate surface area is 328 Å². The Morgan fingerprint density at radius 3 is 2.22 bits per heavy atom. The third-order valence-electron chi connectivity index (χ3n) is 11.0. The molecular formula is C43H56BrN3O7. The minimum atomic E-state index is -1.40. The highest BCUT2D eigenvalue weighted by Gasteiger charge is 2.78. The van der Waals surface area contributed by atoms with Crippen LogP contribution in [0.4, 0.5) is 0 Å². The van der Waals surface area contributed by atoms with Gasteiger partial charge in [-0.05, 0) is 56.6 Å². The number of halogens is 1. The summed E-state index contributed by atoms with van der Waals surface area (Å²) in [4.78, 5) is 60.8. The van der Waals surface area contributed by atoms with Crippen molar-refractivity contribution in [3.05, 3.63) is 97.1 Å². The van der Waals surface area contributed by atoms with Gasteiger partial charge < -0.3 is 29.7 Å². The molecule has 1 unspecified atom stereocenters. The lowest BCUT2D eigenvalue weighted by atomic mass is 9.70. The second kappa shape index (κ2) is 16.5. The second-order valence-electron chi connectivity index (χ2n) is 16.8. The zero-order valence-corrected chi connectivity index (χ0v) is 34.0. The summed E-state index contributed by atoms with van der Waals surface area (Å²) >= 11 is 3.78. The molecule has 2 bridgehead atoms. The summed E-state index contributed by atoms with van der Waals surface area (Å²) in [5.74, 6) is -3.79. The Hall–Kier alpha value is -3.80. The number of benzene rings is 2. The van der Waals surface area contributed by atoms with Crippen LogP contribution in [0.2, 0.25) is 0 Å². The van der Waals surface area contributed by atoms with Crippen LogP contribution in [-0.2, 0) is 28.7 Å². The molecule has 3 fully saturated rings. The Morgan fingerprint density at radius 1 is 1.06 bits per heavy atom. The highest BCUT2D eigenvalue weighted by Crippen LogP contribution is 2.62. The van der Waals surface area contributed by atoms with Crippen molar-refractivity contribution in [3.63, 3.8) is 0 Å². The second-order valence-corrected chi connectivity index (χ2v) is 17.9. The summed E-state index contributed by atoms with van der Waals surface area (Å²) in [6, 6.07) is 15.6. The number of amides is 3. The summed E-state index contributed by atoms with van der Waals surface area (Å²) in [6.45, 7) is 19.6. The minimum absolute atomic E-state index is 0.136. The fourth-order valence-electron chi connectivity index (χ4n) is 9.23. The molecule has 9 atom stereocenters. The van der Waals surface area contributed by atoms with Gasteiger partial charge in [0, 0.05) is 23.3 Å². The van der Waals surface area contributed by atoms with Crippen LogP contribution in [-0.4, -0.2) is 85.9 Å². The summed E-state index contributed by atoms with van der Waals surface area (Å²) in [6.07, 6.45) is 3.38. The lowest BCUT2D eigenvalue weighted by Crippen LogP contribution is -2.61. The third kappa shape index (κ3) is 8.09. The molecule has 0 aliphatic carbocycles. The van der Waals surface area contributed by atoms with Crippen LogP contribution in [0.1, 0.15) is 90.5 Å². The van der Waals surface area contributed by atoms with Crippen LogP contribution in [0.5, 0.6) is 0 Å². The average Bonchev–Trinajstić information content (AvgIpc) is 3.71. The van der Waals surface area contributed by atoms with Gasteiger partial charge in [0.15, 0.2) is 0 Å². The van der Waals surface area contributed by atoms with Crippen molar-refractivity contribution < 1.29 is 33.8 Å². The average molecular weight is 807 g/mol. The van der Waals surface area contributed by atoms with Gasteiger partial charge in [0.1, 0.15) is 17.7 Å². The van der Waals surface area contributed by atoms with Crippen LogP contribution in [0.25, 0.3) is 0 Å². The maximum Gasteiger partial charge on any atom is 0.313 e. The van der Waals surface area contributed by atoms with E-state index in [9.17, 15) is 14.7 Å². The summed E-state index contributed by atoms with van der Waals surface area (Å²) < 4.78 is 13.2. The Morgan fingerprint density at radius 2 is 1.67 bits per heavy atom. The van der Waals surface area contributed by atoms with E-state index in [4.69, 9.17) is 9.47 Å². The number of esters is 1. The van der Waals surface area contributed by atoms with Crippen LogP contribution < -0.4 is 5.32 Å². The molecule has 0 radical (unpaired) electrons. The van der Waals surface area contributed by atoms with Gasteiger partial charge in [-0.25, -0.2) is 0 Å². The van der Waals surface area contributed by atoms with E-state index in [0.29, 0.717) is 24.0 Å². The Kier molecular flexibility index (Phi) is 12.6. The van der Waals surface area contributed by atoms with Crippen molar-refractivity contribution in [2.45, 2.75) is 114 Å². The van der Waals surface area contributed by atoms with Crippen molar-refractivity contribution in [1.29, 1.82) is 0 Å². The fraction of sp³-hybridized carbons (Fsp3) is 0.535. The molecule has 1 spiro atoms. The first-order valence-corrected chi connectivity index (χ1v) is 19.8. The number of hydrogen-bond donors (Lipinski definition) is 2. The summed E-state index contributed by atoms with van der Waals surface area (Å²) in [7, 11) is 0. The largest absolute Gasteiger partial charge is 0.455 e. The third-order valence-corrected chi connectivity index (χ3v) is 11.8. The minimum Gasteiger partial charge on any atom is -0.455 e. The Bertz CT molecular complexity index is 1700. The molecule has 10 nitrogen and oxygen atoms in total. The van der Waals surface area contributed by atoms with Crippen molar-refractivity contribution in [1.82, 2.24) is 15.1 Å². The van der Waals surface area contributed by atoms with E-state index >= 15 is 9.59 Å². The van der Waals surface area contributed by atoms with Crippen molar-refractivity contribution >= 4 is 39.6 Å². The lowest BCUT2D eigenvalue weighted by molar-refractivity contribution is -0.163. The number of hydrogen-bond acceptors (Lipinski definition) is 7. The molecule has 2 aromatic rings. The maximum atomic E-state index is 15.4. The number of carbonyl (C=O) groups excluding carboxylic acids is 4. The topological polar surface area (TPSA) is 125 Å². The van der Waals surface area contributed by atoms with E-state index in [-0.39, 0.29) is 41.4 Å². The molecule has 0 aromatic heterocycles. The van der Waals surface area contributed by atoms with Gasteiger partial charge in [-0.1, -0.05) is 110 Å². The van der Waals surface area contributed by atoms with E-state index in [1.807, 2.05) is 74.5 Å². The first-order chi connectivity index (χ1) is 25.5. The number of alkyl halides is 1. The van der Waals surface area contributed by atoms with E-state index in [2.05, 4.69) is 55.2 Å². The van der Waals surface area contributed by atoms with Gasteiger partial charge in [0.05, 0.1) is 36.6 Å². The van der Waals surface area contributed by atoms with E-state index in [1.165, 1.54) is 4.90 Å². The number of likely N-dealkylation sites (tertiary alicyclic amines) is 1. The van der Waals surface area contributed by atoms with Crippen molar-refractivity contribution in [2.75, 3.05) is 13.2 Å². The number of rotatable bonds is 16. The number of ether oxygens (including phenoxy) is 2. The molecule has 3 aliphatic rings. The molecule has 3 saturated heterocycles. The smallest absolute Gasteiger partial charge is 0.313 e. The zero-order valence-electron chi connectivity index (χ0n) is 32.4. The zero-order chi connectivity index (χ0) is 39.6. The number of carbonyl (C=O) groups is 4. The number of aliphatic hydroxyl groups is 1. The molecule has 3 aliphatic heterocycles. The molecule has 2 N–H and O–H groups in total. The lowest BCUT2D eigenvalue weighted by Gasteiger charge is -2.46. The highest BCUT2D eigenvalue weighted by molar-refractivity contribution is 9.09. The first kappa shape index (κ1) is 41.4. The first-order valence-electron chi connectivity index (χ1n) is 18.9. The number of nitrogens with zero attached hydrogens (tertiary/aromatic N) is 2. The standard InChI is InChI=1S/C43H56BrN3O7/c1-9-11-22-32(49)45-27(3)35(29-20-16-13-17-21-29)53-40(52)33-34-38(50)47(31(25-48)28-18-14-12-15-19-28)37(43(34)24-30(44)36(33)54-43)39(51)46(23-10-2)42(7,8)26-41(4,5)6/h9-10,12-21,27,30-31,33-37,48H,1-2,11,22-26H2,3-8H3,(H,45,49)/t27-,30?,31-,33-,34+,35-,36-,37-,43+/m1/s1. The maximum absolute atomic E-state index is 15.4. The van der Waals surface area contributed by atoms with Crippen molar-refractivity contribution in [2.24, 2.45) is 17.3 Å². The predicted molar refractivity (Wildman–Crippen MR) is 211 cm³/mol.